The third kappa shape index (κ3) is 4.52. The first kappa shape index (κ1) is 20.7. The van der Waals surface area contributed by atoms with Gasteiger partial charge in [-0.25, -0.2) is 0 Å². The number of H-pyrrole nitrogens is 1. The molecule has 0 amide bonds. The summed E-state index contributed by atoms with van der Waals surface area (Å²) in [6, 6.07) is 6.37. The van der Waals surface area contributed by atoms with Gasteiger partial charge in [0.15, 0.2) is 0 Å². The molecule has 1 saturated heterocycles. The summed E-state index contributed by atoms with van der Waals surface area (Å²) in [4.78, 5) is 0. The highest BCUT2D eigenvalue weighted by Gasteiger charge is 2.51. The van der Waals surface area contributed by atoms with Crippen LogP contribution in [0.1, 0.15) is 33.5 Å². The highest BCUT2D eigenvalue weighted by Crippen LogP contribution is 2.37. The molecule has 3 rings (SSSR count). The number of allylic oxidation sites excluding steroid dienone is 1. The minimum absolute atomic E-state index is 0.0822. The molecule has 1 aromatic carbocycles. The molecule has 1 aliphatic rings. The Morgan fingerprint density at radius 1 is 1.28 bits per heavy atom. The van der Waals surface area contributed by atoms with Crippen molar-refractivity contribution < 1.29 is 22.8 Å². The molecule has 2 N–H and O–H groups in total. The molecule has 0 radical (unpaired) electrons. The molecule has 1 fully saturated rings. The van der Waals surface area contributed by atoms with Crippen LogP contribution in [0.4, 0.5) is 14.5 Å². The van der Waals surface area contributed by atoms with E-state index < -0.39 is 24.9 Å². The summed E-state index contributed by atoms with van der Waals surface area (Å²) in [6.07, 6.45) is 1.33. The van der Waals surface area contributed by atoms with Crippen LogP contribution in [0.2, 0.25) is 0 Å². The Hall–Kier alpha value is -3.04. The zero-order valence-corrected chi connectivity index (χ0v) is 16.2. The first-order valence-electron chi connectivity index (χ1n) is 8.67. The SMILES string of the molecule is CC1(C)OB(c2cc(NC=C(C#N)c3nn[nH]n3)cc(OC(F)F)c2)OC1(C)C. The standard InChI is InChI=1S/C17H19BF2N6O3/c1-16(2)17(3,4)29-18(28-16)11-5-12(7-13(6-11)27-15(19)20)22-9-10(8-21)14-23-25-26-24-14/h5-7,9,15,22H,1-4H3,(H,23,24,25,26). The highest BCUT2D eigenvalue weighted by molar-refractivity contribution is 6.62. The normalized spacial score (nSPS) is 18.0. The van der Waals surface area contributed by atoms with Crippen LogP contribution in [0.25, 0.3) is 5.57 Å². The Balaban J connectivity index is 1.92. The van der Waals surface area contributed by atoms with Crippen LogP contribution in [0.3, 0.4) is 0 Å². The Labute approximate surface area is 166 Å². The van der Waals surface area contributed by atoms with Crippen molar-refractivity contribution in [2.75, 3.05) is 5.32 Å². The van der Waals surface area contributed by atoms with E-state index in [9.17, 15) is 14.0 Å². The van der Waals surface area contributed by atoms with Crippen LogP contribution in [0.5, 0.6) is 5.75 Å². The lowest BCUT2D eigenvalue weighted by Gasteiger charge is -2.32. The van der Waals surface area contributed by atoms with Gasteiger partial charge in [-0.3, -0.25) is 0 Å². The summed E-state index contributed by atoms with van der Waals surface area (Å²) < 4.78 is 42.1. The van der Waals surface area contributed by atoms with Crippen LogP contribution in [-0.4, -0.2) is 45.6 Å². The fourth-order valence-corrected chi connectivity index (χ4v) is 2.57. The number of nitriles is 1. The van der Waals surface area contributed by atoms with Crippen molar-refractivity contribution >= 4 is 23.8 Å². The van der Waals surface area contributed by atoms with E-state index in [0.29, 0.717) is 11.2 Å². The molecule has 0 spiro atoms. The van der Waals surface area contributed by atoms with E-state index in [1.165, 1.54) is 18.3 Å². The van der Waals surface area contributed by atoms with E-state index in [2.05, 4.69) is 30.7 Å². The molecule has 0 unspecified atom stereocenters. The van der Waals surface area contributed by atoms with E-state index in [0.717, 1.165) is 0 Å². The fraction of sp³-hybridized carbons (Fsp3) is 0.412. The first-order chi connectivity index (χ1) is 13.6. The maximum Gasteiger partial charge on any atom is 0.495 e. The molecule has 1 aliphatic heterocycles. The van der Waals surface area contributed by atoms with Crippen molar-refractivity contribution in [1.82, 2.24) is 20.6 Å². The number of ether oxygens (including phenoxy) is 1. The van der Waals surface area contributed by atoms with E-state index >= 15 is 0 Å². The monoisotopic (exact) mass is 404 g/mol. The summed E-state index contributed by atoms with van der Waals surface area (Å²) in [5.41, 5.74) is -0.245. The second kappa shape index (κ2) is 7.77. The Kier molecular flexibility index (Phi) is 5.54. The van der Waals surface area contributed by atoms with Gasteiger partial charge >= 0.3 is 13.7 Å². The van der Waals surface area contributed by atoms with E-state index in [-0.39, 0.29) is 17.1 Å². The van der Waals surface area contributed by atoms with Crippen LogP contribution in [-0.2, 0) is 9.31 Å². The predicted molar refractivity (Wildman–Crippen MR) is 100 cm³/mol. The quantitative estimate of drug-likeness (QED) is 0.555. The van der Waals surface area contributed by atoms with Crippen LogP contribution >= 0.6 is 0 Å². The van der Waals surface area contributed by atoms with Crippen molar-refractivity contribution in [2.45, 2.75) is 45.5 Å². The number of alkyl halides is 2. The Bertz CT molecular complexity index is 927. The molecule has 0 atom stereocenters. The van der Waals surface area contributed by atoms with Gasteiger partial charge in [0.1, 0.15) is 17.4 Å². The number of anilines is 1. The van der Waals surface area contributed by atoms with Crippen molar-refractivity contribution in [2.24, 2.45) is 0 Å². The molecular weight excluding hydrogens is 385 g/mol. The predicted octanol–water partition coefficient (Wildman–Crippen LogP) is 2.08. The number of halogens is 2. The van der Waals surface area contributed by atoms with E-state index in [4.69, 9.17) is 9.31 Å². The molecule has 0 aliphatic carbocycles. The Morgan fingerprint density at radius 3 is 2.52 bits per heavy atom. The molecule has 0 saturated carbocycles. The molecule has 2 heterocycles. The molecule has 12 heteroatoms. The molecule has 9 nitrogen and oxygen atoms in total. The number of aromatic nitrogens is 4. The third-order valence-corrected chi connectivity index (χ3v) is 4.77. The van der Waals surface area contributed by atoms with Gasteiger partial charge in [-0.1, -0.05) is 0 Å². The fourth-order valence-electron chi connectivity index (χ4n) is 2.57. The molecule has 29 heavy (non-hydrogen) atoms. The van der Waals surface area contributed by atoms with Crippen molar-refractivity contribution in [3.05, 3.63) is 30.2 Å². The number of tetrazole rings is 1. The number of hydrogen-bond donors (Lipinski definition) is 2. The van der Waals surface area contributed by atoms with Gasteiger partial charge < -0.3 is 19.4 Å². The summed E-state index contributed by atoms with van der Waals surface area (Å²) in [7, 11) is -0.779. The first-order valence-corrected chi connectivity index (χ1v) is 8.67. The molecular formula is C17H19BF2N6O3. The van der Waals surface area contributed by atoms with Gasteiger partial charge in [0, 0.05) is 18.0 Å². The zero-order chi connectivity index (χ0) is 21.2. The van der Waals surface area contributed by atoms with Crippen LogP contribution < -0.4 is 15.5 Å². The summed E-state index contributed by atoms with van der Waals surface area (Å²) >= 11 is 0. The van der Waals surface area contributed by atoms with Crippen molar-refractivity contribution in [3.8, 4) is 11.8 Å². The lowest BCUT2D eigenvalue weighted by Crippen LogP contribution is -2.41. The maximum atomic E-state index is 12.8. The third-order valence-electron chi connectivity index (χ3n) is 4.77. The van der Waals surface area contributed by atoms with Crippen molar-refractivity contribution in [1.29, 1.82) is 5.26 Å². The number of hydrogen-bond acceptors (Lipinski definition) is 8. The van der Waals surface area contributed by atoms with Gasteiger partial charge in [0.05, 0.1) is 11.2 Å². The second-order valence-electron chi connectivity index (χ2n) is 7.31. The smallest absolute Gasteiger partial charge is 0.435 e. The average Bonchev–Trinajstić information content (AvgIpc) is 3.21. The largest absolute Gasteiger partial charge is 0.495 e. The number of nitrogens with zero attached hydrogens (tertiary/aromatic N) is 4. The second-order valence-corrected chi connectivity index (χ2v) is 7.31. The number of benzene rings is 1. The van der Waals surface area contributed by atoms with Crippen LogP contribution in [0.15, 0.2) is 24.4 Å². The minimum atomic E-state index is -3.00. The lowest BCUT2D eigenvalue weighted by atomic mass is 9.79. The summed E-state index contributed by atoms with van der Waals surface area (Å²) in [5, 5.41) is 25.2. The molecule has 152 valence electrons. The van der Waals surface area contributed by atoms with E-state index in [1.54, 1.807) is 6.07 Å². The van der Waals surface area contributed by atoms with Gasteiger partial charge in [-0.15, -0.1) is 10.2 Å². The van der Waals surface area contributed by atoms with Crippen molar-refractivity contribution in [3.63, 3.8) is 0 Å². The number of nitrogens with one attached hydrogen (secondary N) is 2. The topological polar surface area (TPSA) is 118 Å². The molecule has 0 bridgehead atoms. The summed E-state index contributed by atoms with van der Waals surface area (Å²) in [5.74, 6) is 0.00680. The highest BCUT2D eigenvalue weighted by atomic mass is 19.3. The molecule has 1 aromatic heterocycles. The Morgan fingerprint density at radius 2 is 1.97 bits per heavy atom. The number of aromatic amines is 1. The maximum absolute atomic E-state index is 12.8. The average molecular weight is 404 g/mol. The number of rotatable bonds is 6. The lowest BCUT2D eigenvalue weighted by molar-refractivity contribution is -0.0497. The van der Waals surface area contributed by atoms with Crippen LogP contribution in [0, 0.1) is 11.3 Å². The minimum Gasteiger partial charge on any atom is -0.435 e. The van der Waals surface area contributed by atoms with Gasteiger partial charge in [-0.05, 0) is 50.5 Å². The molecule has 2 aromatic rings. The summed E-state index contributed by atoms with van der Waals surface area (Å²) in [6.45, 7) is 4.55. The van der Waals surface area contributed by atoms with Gasteiger partial charge in [0.2, 0.25) is 5.82 Å². The van der Waals surface area contributed by atoms with Gasteiger partial charge in [0.25, 0.3) is 0 Å². The van der Waals surface area contributed by atoms with E-state index in [1.807, 2.05) is 33.8 Å². The zero-order valence-electron chi connectivity index (χ0n) is 16.2. The van der Waals surface area contributed by atoms with Gasteiger partial charge in [-0.2, -0.15) is 19.3 Å².